The molecule has 4 nitrogen and oxygen atoms in total. The fraction of sp³-hybridized carbons (Fsp3) is 0.500. The Balaban J connectivity index is 1.40. The maximum absolute atomic E-state index is 12.9. The Kier molecular flexibility index (Phi) is 4.84. The SMILES string of the molecule is Cc1cccc([C@@H]2CCCN(C(=O)CC3=CSC4=NCCCN34)C2)c1. The normalized spacial score (nSPS) is 23.2. The summed E-state index contributed by atoms with van der Waals surface area (Å²) in [7, 11) is 0. The predicted octanol–water partition coefficient (Wildman–Crippen LogP) is 3.74. The Bertz CT molecular complexity index is 727. The Labute approximate surface area is 154 Å². The van der Waals surface area contributed by atoms with E-state index in [2.05, 4.69) is 51.4 Å². The first-order chi connectivity index (χ1) is 12.2. The van der Waals surface area contributed by atoms with Gasteiger partial charge in [0.2, 0.25) is 5.91 Å². The third-order valence-corrected chi connectivity index (χ3v) is 6.24. The summed E-state index contributed by atoms with van der Waals surface area (Å²) in [6.45, 7) is 5.79. The van der Waals surface area contributed by atoms with Gasteiger partial charge in [-0.05, 0) is 37.2 Å². The molecular formula is C20H25N3OS. The second-order valence-corrected chi connectivity index (χ2v) is 8.00. The Hall–Kier alpha value is -1.75. The smallest absolute Gasteiger partial charge is 0.228 e. The van der Waals surface area contributed by atoms with Crippen LogP contribution in [0.5, 0.6) is 0 Å². The van der Waals surface area contributed by atoms with Crippen molar-refractivity contribution in [1.29, 1.82) is 0 Å². The molecule has 25 heavy (non-hydrogen) atoms. The number of amides is 1. The van der Waals surface area contributed by atoms with Gasteiger partial charge < -0.3 is 9.80 Å². The molecule has 5 heteroatoms. The topological polar surface area (TPSA) is 35.9 Å². The molecule has 0 bridgehead atoms. The zero-order chi connectivity index (χ0) is 17.2. The van der Waals surface area contributed by atoms with Crippen LogP contribution in [-0.2, 0) is 4.79 Å². The molecule has 1 aromatic rings. The number of hydrogen-bond acceptors (Lipinski definition) is 4. The first kappa shape index (κ1) is 16.7. The first-order valence-corrected chi connectivity index (χ1v) is 10.1. The zero-order valence-corrected chi connectivity index (χ0v) is 15.6. The molecule has 3 aliphatic heterocycles. The summed E-state index contributed by atoms with van der Waals surface area (Å²) < 4.78 is 0. The summed E-state index contributed by atoms with van der Waals surface area (Å²) in [6, 6.07) is 8.74. The first-order valence-electron chi connectivity index (χ1n) is 9.23. The van der Waals surface area contributed by atoms with E-state index < -0.39 is 0 Å². The monoisotopic (exact) mass is 355 g/mol. The van der Waals surface area contributed by atoms with Gasteiger partial charge in [0.25, 0.3) is 0 Å². The van der Waals surface area contributed by atoms with Crippen LogP contribution in [0.25, 0.3) is 0 Å². The number of aryl methyl sites for hydroxylation is 1. The molecule has 4 rings (SSSR count). The van der Waals surface area contributed by atoms with Crippen LogP contribution < -0.4 is 0 Å². The molecule has 132 valence electrons. The van der Waals surface area contributed by atoms with Crippen molar-refractivity contribution in [3.8, 4) is 0 Å². The number of carbonyl (C=O) groups excluding carboxylic acids is 1. The zero-order valence-electron chi connectivity index (χ0n) is 14.8. The molecule has 1 fully saturated rings. The number of nitrogens with zero attached hydrogens (tertiary/aromatic N) is 3. The van der Waals surface area contributed by atoms with Crippen molar-refractivity contribution >= 4 is 22.8 Å². The summed E-state index contributed by atoms with van der Waals surface area (Å²) in [4.78, 5) is 21.7. The van der Waals surface area contributed by atoms with Gasteiger partial charge in [-0.15, -0.1) is 0 Å². The number of carbonyl (C=O) groups is 1. The van der Waals surface area contributed by atoms with Crippen molar-refractivity contribution in [1.82, 2.24) is 9.80 Å². The van der Waals surface area contributed by atoms with E-state index in [1.54, 1.807) is 11.8 Å². The maximum atomic E-state index is 12.9. The largest absolute Gasteiger partial charge is 0.342 e. The van der Waals surface area contributed by atoms with Gasteiger partial charge in [-0.25, -0.2) is 0 Å². The van der Waals surface area contributed by atoms with Crippen molar-refractivity contribution in [3.05, 3.63) is 46.5 Å². The van der Waals surface area contributed by atoms with Crippen LogP contribution in [0.1, 0.15) is 42.7 Å². The molecule has 3 heterocycles. The molecule has 1 aromatic carbocycles. The number of rotatable bonds is 3. The lowest BCUT2D eigenvalue weighted by molar-refractivity contribution is -0.131. The Morgan fingerprint density at radius 3 is 3.12 bits per heavy atom. The highest BCUT2D eigenvalue weighted by Gasteiger charge is 2.30. The van der Waals surface area contributed by atoms with Crippen LogP contribution in [0.3, 0.4) is 0 Å². The van der Waals surface area contributed by atoms with Crippen molar-refractivity contribution in [3.63, 3.8) is 0 Å². The quantitative estimate of drug-likeness (QED) is 0.829. The maximum Gasteiger partial charge on any atom is 0.228 e. The molecule has 0 N–H and O–H groups in total. The average molecular weight is 356 g/mol. The molecule has 0 aliphatic carbocycles. The minimum atomic E-state index is 0.260. The van der Waals surface area contributed by atoms with Crippen LogP contribution >= 0.6 is 11.8 Å². The summed E-state index contributed by atoms with van der Waals surface area (Å²) in [5, 5.41) is 3.19. The lowest BCUT2D eigenvalue weighted by Gasteiger charge is -2.34. The molecular weight excluding hydrogens is 330 g/mol. The van der Waals surface area contributed by atoms with Crippen molar-refractivity contribution in [2.75, 3.05) is 26.2 Å². The summed E-state index contributed by atoms with van der Waals surface area (Å²) in [5.41, 5.74) is 3.80. The van der Waals surface area contributed by atoms with Crippen molar-refractivity contribution in [2.24, 2.45) is 4.99 Å². The molecule has 0 unspecified atom stereocenters. The average Bonchev–Trinajstić information content (AvgIpc) is 3.05. The van der Waals surface area contributed by atoms with Gasteiger partial charge in [-0.1, -0.05) is 41.6 Å². The molecule has 0 saturated carbocycles. The fourth-order valence-electron chi connectivity index (χ4n) is 3.94. The van der Waals surface area contributed by atoms with E-state index in [1.807, 2.05) is 0 Å². The molecule has 3 aliphatic rings. The molecule has 1 saturated heterocycles. The molecule has 0 radical (unpaired) electrons. The van der Waals surface area contributed by atoms with E-state index >= 15 is 0 Å². The van der Waals surface area contributed by atoms with E-state index in [0.29, 0.717) is 12.3 Å². The van der Waals surface area contributed by atoms with Crippen LogP contribution in [0, 0.1) is 6.92 Å². The second-order valence-electron chi connectivity index (χ2n) is 7.17. The van der Waals surface area contributed by atoms with Gasteiger partial charge in [0.1, 0.15) is 0 Å². The predicted molar refractivity (Wildman–Crippen MR) is 104 cm³/mol. The summed E-state index contributed by atoms with van der Waals surface area (Å²) >= 11 is 1.67. The fourth-order valence-corrected chi connectivity index (χ4v) is 4.89. The van der Waals surface area contributed by atoms with Crippen LogP contribution in [0.4, 0.5) is 0 Å². The number of amidine groups is 1. The number of benzene rings is 1. The lowest BCUT2D eigenvalue weighted by atomic mass is 9.89. The van der Waals surface area contributed by atoms with E-state index in [9.17, 15) is 4.79 Å². The van der Waals surface area contributed by atoms with Crippen molar-refractivity contribution < 1.29 is 4.79 Å². The Morgan fingerprint density at radius 1 is 1.32 bits per heavy atom. The van der Waals surface area contributed by atoms with Gasteiger partial charge >= 0.3 is 0 Å². The minimum absolute atomic E-state index is 0.260. The van der Waals surface area contributed by atoms with Crippen molar-refractivity contribution in [2.45, 2.75) is 38.5 Å². The molecule has 0 spiro atoms. The van der Waals surface area contributed by atoms with Crippen LogP contribution in [-0.4, -0.2) is 47.1 Å². The van der Waals surface area contributed by atoms with Crippen LogP contribution in [0.15, 0.2) is 40.4 Å². The molecule has 0 aromatic heterocycles. The third-order valence-electron chi connectivity index (χ3n) is 5.28. The van der Waals surface area contributed by atoms with E-state index in [-0.39, 0.29) is 5.91 Å². The van der Waals surface area contributed by atoms with Gasteiger partial charge in [-0.3, -0.25) is 9.79 Å². The number of piperidine rings is 1. The van der Waals surface area contributed by atoms with E-state index in [4.69, 9.17) is 0 Å². The number of likely N-dealkylation sites (tertiary alicyclic amines) is 1. The summed E-state index contributed by atoms with van der Waals surface area (Å²) in [5.74, 6) is 0.729. The van der Waals surface area contributed by atoms with Gasteiger partial charge in [0, 0.05) is 37.8 Å². The van der Waals surface area contributed by atoms with Crippen LogP contribution in [0.2, 0.25) is 0 Å². The molecule has 1 atom stereocenters. The number of hydrogen-bond donors (Lipinski definition) is 0. The van der Waals surface area contributed by atoms with E-state index in [0.717, 1.165) is 49.9 Å². The molecule has 1 amide bonds. The van der Waals surface area contributed by atoms with Gasteiger partial charge in [0.15, 0.2) is 5.17 Å². The number of fused-ring (bicyclic) bond motifs is 1. The summed E-state index contributed by atoms with van der Waals surface area (Å²) in [6.07, 6.45) is 3.85. The highest BCUT2D eigenvalue weighted by atomic mass is 32.2. The standard InChI is InChI=1S/C20H25N3OS/c1-15-5-2-6-16(11-15)17-7-3-9-22(13-17)19(24)12-18-14-25-20-21-8-4-10-23(18)20/h2,5-6,11,14,17H,3-4,7-10,12-13H2,1H3/t17-/m1/s1. The number of aliphatic imine (C=N–C) groups is 1. The lowest BCUT2D eigenvalue weighted by Crippen LogP contribution is -2.40. The van der Waals surface area contributed by atoms with Gasteiger partial charge in [0.05, 0.1) is 6.42 Å². The highest BCUT2D eigenvalue weighted by Crippen LogP contribution is 2.32. The van der Waals surface area contributed by atoms with E-state index in [1.165, 1.54) is 17.5 Å². The minimum Gasteiger partial charge on any atom is -0.342 e. The third kappa shape index (κ3) is 3.61. The Morgan fingerprint density at radius 2 is 2.24 bits per heavy atom. The second kappa shape index (κ2) is 7.24. The highest BCUT2D eigenvalue weighted by molar-refractivity contribution is 8.16. The van der Waals surface area contributed by atoms with Gasteiger partial charge in [-0.2, -0.15) is 0 Å². The number of thioether (sulfide) groups is 1.